The van der Waals surface area contributed by atoms with Crippen molar-refractivity contribution in [1.82, 2.24) is 20.0 Å². The number of urea groups is 1. The number of sulfone groups is 1. The first kappa shape index (κ1) is 17.8. The van der Waals surface area contributed by atoms with Crippen molar-refractivity contribution >= 4 is 21.7 Å². The van der Waals surface area contributed by atoms with E-state index in [1.54, 1.807) is 4.90 Å². The van der Waals surface area contributed by atoms with Gasteiger partial charge < -0.3 is 10.2 Å². The van der Waals surface area contributed by atoms with Crippen molar-refractivity contribution in [2.24, 2.45) is 0 Å². The number of piperazine rings is 1. The maximum Gasteiger partial charge on any atom is 0.323 e. The van der Waals surface area contributed by atoms with E-state index in [1.165, 1.54) is 19.3 Å². The Morgan fingerprint density at radius 3 is 2.81 bits per heavy atom. The van der Waals surface area contributed by atoms with Crippen LogP contribution in [-0.4, -0.2) is 65.8 Å². The molecule has 0 spiro atoms. The topological polar surface area (TPSA) is 96.3 Å². The number of aryl methyl sites for hydroxylation is 1. The predicted octanol–water partition coefficient (Wildman–Crippen LogP) is 1.30. The van der Waals surface area contributed by atoms with E-state index in [1.807, 2.05) is 17.7 Å². The first-order valence-corrected chi connectivity index (χ1v) is 11.3. The number of hydrogen-bond donors (Lipinski definition) is 2. The SMILES string of the molecule is Cc1cc(NC(=O)N2CCN[C@H]3CS(=O)(=O)C[C@H]32)n(C2CCCCC2)n1. The summed E-state index contributed by atoms with van der Waals surface area (Å²) in [5, 5.41) is 10.8. The summed E-state index contributed by atoms with van der Waals surface area (Å²) in [5.74, 6) is 0.870. The van der Waals surface area contributed by atoms with Gasteiger partial charge in [0.1, 0.15) is 5.82 Å². The second kappa shape index (κ2) is 6.84. The summed E-state index contributed by atoms with van der Waals surface area (Å²) < 4.78 is 25.9. The van der Waals surface area contributed by atoms with Gasteiger partial charge in [-0.3, -0.25) is 5.32 Å². The van der Waals surface area contributed by atoms with Crippen LogP contribution in [-0.2, 0) is 9.84 Å². The Kier molecular flexibility index (Phi) is 4.68. The average Bonchev–Trinajstić information content (AvgIpc) is 3.12. The first-order chi connectivity index (χ1) is 12.4. The monoisotopic (exact) mass is 381 g/mol. The molecule has 2 atom stereocenters. The maximum absolute atomic E-state index is 12.9. The fourth-order valence-corrected chi connectivity index (χ4v) is 6.47. The molecule has 144 valence electrons. The van der Waals surface area contributed by atoms with E-state index in [0.29, 0.717) is 19.1 Å². The van der Waals surface area contributed by atoms with Gasteiger partial charge in [0.25, 0.3) is 0 Å². The summed E-state index contributed by atoms with van der Waals surface area (Å²) in [6, 6.07) is 1.55. The van der Waals surface area contributed by atoms with Gasteiger partial charge in [-0.1, -0.05) is 19.3 Å². The Bertz CT molecular complexity index is 784. The minimum absolute atomic E-state index is 0.0407. The molecule has 9 heteroatoms. The van der Waals surface area contributed by atoms with Crippen LogP contribution in [0.1, 0.15) is 43.8 Å². The van der Waals surface area contributed by atoms with Crippen LogP contribution in [0.5, 0.6) is 0 Å². The molecule has 0 aromatic carbocycles. The second-order valence-electron chi connectivity index (χ2n) is 7.74. The number of anilines is 1. The van der Waals surface area contributed by atoms with Crippen molar-refractivity contribution < 1.29 is 13.2 Å². The molecular weight excluding hydrogens is 354 g/mol. The van der Waals surface area contributed by atoms with E-state index in [4.69, 9.17) is 0 Å². The minimum atomic E-state index is -3.09. The van der Waals surface area contributed by atoms with Crippen LogP contribution in [0, 0.1) is 6.92 Å². The summed E-state index contributed by atoms with van der Waals surface area (Å²) in [4.78, 5) is 14.6. The Labute approximate surface area is 154 Å². The van der Waals surface area contributed by atoms with Gasteiger partial charge >= 0.3 is 6.03 Å². The van der Waals surface area contributed by atoms with Gasteiger partial charge in [0, 0.05) is 25.2 Å². The van der Waals surface area contributed by atoms with E-state index >= 15 is 0 Å². The number of fused-ring (bicyclic) bond motifs is 1. The third-order valence-electron chi connectivity index (χ3n) is 5.76. The molecular formula is C17H27N5O3S. The molecule has 1 aromatic heterocycles. The summed E-state index contributed by atoms with van der Waals surface area (Å²) in [6.45, 7) is 3.06. The van der Waals surface area contributed by atoms with E-state index in [9.17, 15) is 13.2 Å². The molecule has 0 radical (unpaired) electrons. The number of rotatable bonds is 2. The fraction of sp³-hybridized carbons (Fsp3) is 0.765. The molecule has 2 amide bonds. The number of amides is 2. The third kappa shape index (κ3) is 3.46. The highest BCUT2D eigenvalue weighted by Gasteiger charge is 2.44. The van der Waals surface area contributed by atoms with Gasteiger partial charge in [-0.25, -0.2) is 17.9 Å². The van der Waals surface area contributed by atoms with Crippen molar-refractivity contribution in [2.75, 3.05) is 29.9 Å². The van der Waals surface area contributed by atoms with Gasteiger partial charge in [0.15, 0.2) is 9.84 Å². The first-order valence-electron chi connectivity index (χ1n) is 9.50. The van der Waals surface area contributed by atoms with Crippen LogP contribution in [0.3, 0.4) is 0 Å². The normalized spacial score (nSPS) is 28.7. The van der Waals surface area contributed by atoms with Gasteiger partial charge in [0.05, 0.1) is 29.3 Å². The summed E-state index contributed by atoms with van der Waals surface area (Å²) in [6.07, 6.45) is 5.81. The zero-order valence-corrected chi connectivity index (χ0v) is 16.0. The van der Waals surface area contributed by atoms with Crippen molar-refractivity contribution in [1.29, 1.82) is 0 Å². The van der Waals surface area contributed by atoms with Crippen LogP contribution in [0.25, 0.3) is 0 Å². The van der Waals surface area contributed by atoms with Crippen molar-refractivity contribution in [3.63, 3.8) is 0 Å². The van der Waals surface area contributed by atoms with Gasteiger partial charge in [-0.2, -0.15) is 5.10 Å². The number of nitrogens with zero attached hydrogens (tertiary/aromatic N) is 3. The van der Waals surface area contributed by atoms with Crippen LogP contribution < -0.4 is 10.6 Å². The molecule has 2 N–H and O–H groups in total. The highest BCUT2D eigenvalue weighted by molar-refractivity contribution is 7.91. The summed E-state index contributed by atoms with van der Waals surface area (Å²) in [5.41, 5.74) is 0.882. The molecule has 3 heterocycles. The summed E-state index contributed by atoms with van der Waals surface area (Å²) >= 11 is 0. The molecule has 3 aliphatic rings. The lowest BCUT2D eigenvalue weighted by Crippen LogP contribution is -2.60. The van der Waals surface area contributed by atoms with E-state index in [-0.39, 0.29) is 29.6 Å². The highest BCUT2D eigenvalue weighted by Crippen LogP contribution is 2.31. The highest BCUT2D eigenvalue weighted by atomic mass is 32.2. The predicted molar refractivity (Wildman–Crippen MR) is 99.0 cm³/mol. The van der Waals surface area contributed by atoms with Gasteiger partial charge in [-0.15, -0.1) is 0 Å². The molecule has 0 bridgehead atoms. The smallest absolute Gasteiger partial charge is 0.318 e. The Morgan fingerprint density at radius 1 is 1.27 bits per heavy atom. The quantitative estimate of drug-likeness (QED) is 0.805. The molecule has 26 heavy (non-hydrogen) atoms. The molecule has 0 unspecified atom stereocenters. The fourth-order valence-electron chi connectivity index (χ4n) is 4.51. The van der Waals surface area contributed by atoms with E-state index in [0.717, 1.165) is 24.4 Å². The molecule has 3 fully saturated rings. The Hall–Kier alpha value is -1.61. The van der Waals surface area contributed by atoms with Crippen LogP contribution in [0.2, 0.25) is 0 Å². The average molecular weight is 382 g/mol. The van der Waals surface area contributed by atoms with E-state index < -0.39 is 9.84 Å². The van der Waals surface area contributed by atoms with Crippen LogP contribution in [0.4, 0.5) is 10.6 Å². The van der Waals surface area contributed by atoms with Gasteiger partial charge in [-0.05, 0) is 19.8 Å². The Morgan fingerprint density at radius 2 is 2.04 bits per heavy atom. The van der Waals surface area contributed by atoms with Crippen LogP contribution in [0.15, 0.2) is 6.07 Å². The lowest BCUT2D eigenvalue weighted by molar-refractivity contribution is 0.163. The maximum atomic E-state index is 12.9. The number of carbonyl (C=O) groups is 1. The molecule has 4 rings (SSSR count). The third-order valence-corrected chi connectivity index (χ3v) is 7.47. The van der Waals surface area contributed by atoms with Crippen molar-refractivity contribution in [2.45, 2.75) is 57.2 Å². The number of hydrogen-bond acceptors (Lipinski definition) is 5. The molecule has 1 aliphatic carbocycles. The molecule has 2 saturated heterocycles. The minimum Gasteiger partial charge on any atom is -0.318 e. The molecule has 8 nitrogen and oxygen atoms in total. The van der Waals surface area contributed by atoms with Crippen molar-refractivity contribution in [3.8, 4) is 0 Å². The lowest BCUT2D eigenvalue weighted by Gasteiger charge is -2.37. The van der Waals surface area contributed by atoms with E-state index in [2.05, 4.69) is 15.7 Å². The number of nitrogens with one attached hydrogen (secondary N) is 2. The molecule has 1 aromatic rings. The zero-order valence-electron chi connectivity index (χ0n) is 15.1. The van der Waals surface area contributed by atoms with Crippen molar-refractivity contribution in [3.05, 3.63) is 11.8 Å². The lowest BCUT2D eigenvalue weighted by atomic mass is 9.96. The second-order valence-corrected chi connectivity index (χ2v) is 9.89. The molecule has 1 saturated carbocycles. The Balaban J connectivity index is 1.51. The van der Waals surface area contributed by atoms with Crippen LogP contribution >= 0.6 is 0 Å². The van der Waals surface area contributed by atoms with Gasteiger partial charge in [0.2, 0.25) is 0 Å². The summed E-state index contributed by atoms with van der Waals surface area (Å²) in [7, 11) is -3.09. The standard InChI is InChI=1S/C17H27N5O3S/c1-12-9-16(22(20-12)13-5-3-2-4-6-13)19-17(23)21-8-7-18-14-10-26(24,25)11-15(14)21/h9,13-15,18H,2-8,10-11H2,1H3,(H,19,23)/t14-,15+/m0/s1. The number of carbonyl (C=O) groups excluding carboxylic acids is 1. The largest absolute Gasteiger partial charge is 0.323 e. The molecule has 2 aliphatic heterocycles. The zero-order chi connectivity index (χ0) is 18.3. The number of aromatic nitrogens is 2.